The fourth-order valence-electron chi connectivity index (χ4n) is 0.777. The topological polar surface area (TPSA) is 91.0 Å². The maximum Gasteiger partial charge on any atom is 0.303 e. The number of aromatic nitrogens is 2. The van der Waals surface area contributed by atoms with Crippen LogP contribution in [0.3, 0.4) is 0 Å². The molecule has 0 amide bonds. The average molecular weight is 171 g/mol. The maximum atomic E-state index is 10.1. The second-order valence-electron chi connectivity index (χ2n) is 2.33. The Bertz CT molecular complexity index is 271. The summed E-state index contributed by atoms with van der Waals surface area (Å²) in [5.41, 5.74) is 6.97. The Morgan fingerprint density at radius 3 is 3.08 bits per heavy atom. The number of carbonyl (C=O) groups is 1. The Morgan fingerprint density at radius 2 is 2.58 bits per heavy atom. The predicted octanol–water partition coefficient (Wildman–Crippen LogP) is 0.511. The molecule has 2 N–H and O–H groups in total. The van der Waals surface area contributed by atoms with Crippen LogP contribution in [0, 0.1) is 0 Å². The molecule has 1 aromatic heterocycles. The van der Waals surface area contributed by atoms with E-state index in [0.29, 0.717) is 13.0 Å². The zero-order valence-electron chi connectivity index (χ0n) is 6.36. The summed E-state index contributed by atoms with van der Waals surface area (Å²) < 4.78 is 5.86. The van der Waals surface area contributed by atoms with Crippen LogP contribution in [0.2, 0.25) is 0 Å². The Labute approximate surface area is 68.6 Å². The summed E-state index contributed by atoms with van der Waals surface area (Å²) in [6, 6.07) is 0. The molecule has 12 heavy (non-hydrogen) atoms. The molecule has 0 aliphatic rings. The van der Waals surface area contributed by atoms with Gasteiger partial charge in [-0.2, -0.15) is 0 Å². The minimum atomic E-state index is -0.829. The van der Waals surface area contributed by atoms with Gasteiger partial charge in [0.15, 0.2) is 11.8 Å². The van der Waals surface area contributed by atoms with Gasteiger partial charge in [0.25, 0.3) is 0 Å². The molecule has 0 bridgehead atoms. The number of aliphatic carboxylic acids is 1. The molecule has 0 aromatic carbocycles. The van der Waals surface area contributed by atoms with E-state index in [-0.39, 0.29) is 12.3 Å². The van der Waals surface area contributed by atoms with Crippen LogP contribution in [0.1, 0.15) is 12.8 Å². The minimum Gasteiger partial charge on any atom is -0.660 e. The van der Waals surface area contributed by atoms with Crippen molar-refractivity contribution < 1.29 is 19.1 Å². The Balaban J connectivity index is 2.29. The molecular formula is C6H9N3O3. The quantitative estimate of drug-likeness (QED) is 0.668. The lowest BCUT2D eigenvalue weighted by molar-refractivity contribution is -0.762. The Hall–Kier alpha value is -1.59. The van der Waals surface area contributed by atoms with Crippen LogP contribution in [-0.4, -0.2) is 16.3 Å². The van der Waals surface area contributed by atoms with Gasteiger partial charge in [0.1, 0.15) is 5.88 Å². The summed E-state index contributed by atoms with van der Waals surface area (Å²) in [5.74, 6) is -0.851. The minimum absolute atomic E-state index is 0.0228. The molecular weight excluding hydrogens is 162 g/mol. The van der Waals surface area contributed by atoms with Crippen molar-refractivity contribution in [3.05, 3.63) is 11.9 Å². The summed E-state index contributed by atoms with van der Waals surface area (Å²) in [4.78, 5) is 10.1. The summed E-state index contributed by atoms with van der Waals surface area (Å²) in [6.45, 7) is 0.467. The number of carboxylic acid groups (broad SMARTS) is 1. The van der Waals surface area contributed by atoms with Crippen molar-refractivity contribution in [3.63, 3.8) is 0 Å². The first-order valence-corrected chi connectivity index (χ1v) is 3.48. The van der Waals surface area contributed by atoms with Gasteiger partial charge in [-0.15, -0.1) is 0 Å². The highest BCUT2D eigenvalue weighted by molar-refractivity contribution is 5.66. The number of nitrogens with one attached hydrogen (secondary N) is 1. The van der Waals surface area contributed by atoms with Gasteiger partial charge in [-0.3, -0.25) is 4.79 Å². The normalized spacial score (nSPS) is 10.0. The summed E-state index contributed by atoms with van der Waals surface area (Å²) >= 11 is 0. The molecule has 0 saturated heterocycles. The first-order chi connectivity index (χ1) is 5.68. The molecule has 1 heterocycles. The van der Waals surface area contributed by atoms with Crippen molar-refractivity contribution >= 4 is 11.9 Å². The predicted molar refractivity (Wildman–Crippen MR) is 37.5 cm³/mol. The van der Waals surface area contributed by atoms with Crippen LogP contribution in [0.4, 0.5) is 5.88 Å². The third-order valence-electron chi connectivity index (χ3n) is 1.29. The third-order valence-corrected chi connectivity index (χ3v) is 1.29. The van der Waals surface area contributed by atoms with Gasteiger partial charge in [-0.05, 0) is 0 Å². The van der Waals surface area contributed by atoms with Crippen LogP contribution >= 0.6 is 0 Å². The number of nitrogens with zero attached hydrogens (tertiary/aromatic N) is 2. The monoisotopic (exact) mass is 171 g/mol. The van der Waals surface area contributed by atoms with E-state index in [1.807, 2.05) is 0 Å². The lowest BCUT2D eigenvalue weighted by Crippen LogP contribution is -2.34. The molecule has 0 atom stereocenters. The van der Waals surface area contributed by atoms with Crippen molar-refractivity contribution in [2.24, 2.45) is 0 Å². The molecule has 1 aromatic rings. The van der Waals surface area contributed by atoms with Crippen LogP contribution in [-0.2, 0) is 11.3 Å². The molecule has 0 aliphatic heterocycles. The number of rotatable bonds is 4. The molecule has 0 saturated carbocycles. The fourth-order valence-corrected chi connectivity index (χ4v) is 0.777. The number of hydrogen-bond donors (Lipinski definition) is 1. The van der Waals surface area contributed by atoms with Gasteiger partial charge in [-0.25, -0.2) is 0 Å². The highest BCUT2D eigenvalue weighted by Gasteiger charge is 2.06. The second kappa shape index (κ2) is 3.70. The Morgan fingerprint density at radius 1 is 1.83 bits per heavy atom. The van der Waals surface area contributed by atoms with Gasteiger partial charge >= 0.3 is 5.97 Å². The molecule has 0 radical (unpaired) electrons. The maximum absolute atomic E-state index is 10.1. The number of aryl methyl sites for hydroxylation is 1. The van der Waals surface area contributed by atoms with Crippen LogP contribution in [0.15, 0.2) is 10.7 Å². The van der Waals surface area contributed by atoms with E-state index in [2.05, 4.69) is 9.79 Å². The second-order valence-corrected chi connectivity index (χ2v) is 2.33. The van der Waals surface area contributed by atoms with E-state index < -0.39 is 5.97 Å². The van der Waals surface area contributed by atoms with Gasteiger partial charge in [0.2, 0.25) is 6.20 Å². The molecule has 66 valence electrons. The lowest BCUT2D eigenvalue weighted by Gasteiger charge is -1.86. The fraction of sp³-hybridized carbons (Fsp3) is 0.500. The molecule has 0 spiro atoms. The molecule has 1 rings (SSSR count). The molecule has 0 fully saturated rings. The highest BCUT2D eigenvalue weighted by atomic mass is 16.5. The standard InChI is InChI=1S/C6H9N3O3/c7-5-4-9(8-12-5)3-1-2-6(10)11/h4H,1-3H2,(H2-,7,8,10,11). The van der Waals surface area contributed by atoms with Gasteiger partial charge in [-0.1, -0.05) is 4.68 Å². The Kier molecular flexibility index (Phi) is 2.62. The highest BCUT2D eigenvalue weighted by Crippen LogP contribution is 2.01. The molecule has 0 unspecified atom stereocenters. The molecule has 0 aliphatic carbocycles. The van der Waals surface area contributed by atoms with Crippen molar-refractivity contribution in [3.8, 4) is 0 Å². The average Bonchev–Trinajstić information content (AvgIpc) is 2.35. The molecule has 6 nitrogen and oxygen atoms in total. The largest absolute Gasteiger partial charge is 0.660 e. The van der Waals surface area contributed by atoms with E-state index in [9.17, 15) is 4.79 Å². The van der Waals surface area contributed by atoms with Crippen molar-refractivity contribution in [2.45, 2.75) is 19.4 Å². The van der Waals surface area contributed by atoms with E-state index in [1.165, 1.54) is 10.9 Å². The number of carboxylic acids is 1. The first kappa shape index (κ1) is 8.51. The zero-order valence-corrected chi connectivity index (χ0v) is 6.36. The van der Waals surface area contributed by atoms with Crippen LogP contribution in [0.25, 0.3) is 5.73 Å². The van der Waals surface area contributed by atoms with Gasteiger partial charge in [0, 0.05) is 6.42 Å². The number of hydrogen-bond acceptors (Lipinski definition) is 3. The van der Waals surface area contributed by atoms with E-state index in [4.69, 9.17) is 10.8 Å². The first-order valence-electron chi connectivity index (χ1n) is 3.48. The van der Waals surface area contributed by atoms with Gasteiger partial charge < -0.3 is 15.4 Å². The summed E-state index contributed by atoms with van der Waals surface area (Å²) in [7, 11) is 0. The zero-order chi connectivity index (χ0) is 8.97. The smallest absolute Gasteiger partial charge is 0.303 e. The summed E-state index contributed by atoms with van der Waals surface area (Å²) in [6.07, 6.45) is 2.00. The van der Waals surface area contributed by atoms with Crippen LogP contribution in [0.5, 0.6) is 0 Å². The molecule has 6 heteroatoms. The van der Waals surface area contributed by atoms with E-state index in [0.717, 1.165) is 0 Å². The van der Waals surface area contributed by atoms with E-state index in [1.54, 1.807) is 0 Å². The summed E-state index contributed by atoms with van der Waals surface area (Å²) in [5, 5.41) is 11.8. The van der Waals surface area contributed by atoms with Crippen molar-refractivity contribution in [1.82, 2.24) is 5.27 Å². The van der Waals surface area contributed by atoms with Crippen LogP contribution < -0.4 is 4.68 Å². The van der Waals surface area contributed by atoms with Crippen molar-refractivity contribution in [1.29, 1.82) is 0 Å². The SMILES string of the molecule is [NH-]c1c[n+](CCCC(=O)O)no1. The van der Waals surface area contributed by atoms with E-state index >= 15 is 0 Å². The third kappa shape index (κ3) is 2.57. The van der Waals surface area contributed by atoms with Gasteiger partial charge in [0.05, 0.1) is 6.42 Å². The lowest BCUT2D eigenvalue weighted by atomic mass is 10.3. The van der Waals surface area contributed by atoms with Crippen molar-refractivity contribution in [2.75, 3.05) is 0 Å².